The number of nitrogens with zero attached hydrogens (tertiary/aromatic N) is 1. The number of nitrogens with one attached hydrogen (secondary N) is 1. The summed E-state index contributed by atoms with van der Waals surface area (Å²) in [6.45, 7) is 11.5. The van der Waals surface area contributed by atoms with Gasteiger partial charge in [-0.2, -0.15) is 0 Å². The first-order chi connectivity index (χ1) is 11.6. The molecular weight excluding hydrogens is 314 g/mol. The molecule has 0 aliphatic carbocycles. The fraction of sp³-hybridized carbons (Fsp3) is 0.600. The van der Waals surface area contributed by atoms with Crippen LogP contribution in [0.15, 0.2) is 24.3 Å². The third-order valence-electron chi connectivity index (χ3n) is 4.77. The summed E-state index contributed by atoms with van der Waals surface area (Å²) in [4.78, 5) is 27.1. The summed E-state index contributed by atoms with van der Waals surface area (Å²) >= 11 is 0. The molecule has 2 amide bonds. The summed E-state index contributed by atoms with van der Waals surface area (Å²) in [6.07, 6.45) is 0.818. The van der Waals surface area contributed by atoms with Crippen molar-refractivity contribution in [1.29, 1.82) is 0 Å². The van der Waals surface area contributed by atoms with Gasteiger partial charge in [-0.05, 0) is 35.4 Å². The van der Waals surface area contributed by atoms with Crippen LogP contribution in [0.1, 0.15) is 57.0 Å². The third kappa shape index (κ3) is 4.82. The van der Waals surface area contributed by atoms with Crippen molar-refractivity contribution in [1.82, 2.24) is 10.2 Å². The van der Waals surface area contributed by atoms with Crippen LogP contribution >= 0.6 is 0 Å². The first-order valence-corrected chi connectivity index (χ1v) is 9.05. The maximum atomic E-state index is 12.7. The Kier molecular flexibility index (Phi) is 5.88. The molecule has 0 radical (unpaired) electrons. The minimum absolute atomic E-state index is 0.0159. The van der Waals surface area contributed by atoms with Gasteiger partial charge in [0.25, 0.3) is 5.91 Å². The van der Waals surface area contributed by atoms with E-state index in [2.05, 4.69) is 26.1 Å². The zero-order chi connectivity index (χ0) is 18.8. The van der Waals surface area contributed by atoms with Gasteiger partial charge in [0.15, 0.2) is 0 Å². The van der Waals surface area contributed by atoms with Crippen LogP contribution < -0.4 is 11.1 Å². The van der Waals surface area contributed by atoms with E-state index in [4.69, 9.17) is 5.73 Å². The van der Waals surface area contributed by atoms with Gasteiger partial charge in [-0.3, -0.25) is 9.59 Å². The highest BCUT2D eigenvalue weighted by molar-refractivity contribution is 5.97. The quantitative estimate of drug-likeness (QED) is 0.879. The molecule has 2 atom stereocenters. The van der Waals surface area contributed by atoms with E-state index >= 15 is 0 Å². The third-order valence-corrected chi connectivity index (χ3v) is 4.77. The molecule has 5 heteroatoms. The molecule has 1 unspecified atom stereocenters. The van der Waals surface area contributed by atoms with Gasteiger partial charge < -0.3 is 16.0 Å². The monoisotopic (exact) mass is 345 g/mol. The number of carbonyl (C=O) groups excluding carboxylic acids is 2. The van der Waals surface area contributed by atoms with Crippen LogP contribution in [0.25, 0.3) is 0 Å². The molecule has 1 aliphatic rings. The van der Waals surface area contributed by atoms with E-state index in [0.717, 1.165) is 6.42 Å². The summed E-state index contributed by atoms with van der Waals surface area (Å²) in [5.74, 6) is -0.235. The standard InChI is InChI=1S/C20H31N3O2/c1-13(2)17(19(25)23-11-10-16(21)12-23)22-18(24)14-6-8-15(9-7-14)20(3,4)5/h6-9,13,16-17H,10-12,21H2,1-5H3,(H,22,24)/t16-,17?/m1/s1. The lowest BCUT2D eigenvalue weighted by atomic mass is 9.86. The average Bonchev–Trinajstić information content (AvgIpc) is 2.97. The van der Waals surface area contributed by atoms with Crippen molar-refractivity contribution in [3.8, 4) is 0 Å². The fourth-order valence-electron chi connectivity index (χ4n) is 3.04. The smallest absolute Gasteiger partial charge is 0.251 e. The molecule has 2 rings (SSSR count). The van der Waals surface area contributed by atoms with Gasteiger partial charge in [0.2, 0.25) is 5.91 Å². The second-order valence-corrected chi connectivity index (χ2v) is 8.36. The van der Waals surface area contributed by atoms with Crippen molar-refractivity contribution in [2.24, 2.45) is 11.7 Å². The molecule has 1 aromatic rings. The minimum atomic E-state index is -0.528. The molecular formula is C20H31N3O2. The number of likely N-dealkylation sites (tertiary alicyclic amines) is 1. The molecule has 3 N–H and O–H groups in total. The Balaban J connectivity index is 2.08. The predicted octanol–water partition coefficient (Wildman–Crippen LogP) is 2.30. The highest BCUT2D eigenvalue weighted by Gasteiger charge is 2.32. The summed E-state index contributed by atoms with van der Waals surface area (Å²) < 4.78 is 0. The number of benzene rings is 1. The van der Waals surface area contributed by atoms with Crippen molar-refractivity contribution >= 4 is 11.8 Å². The molecule has 5 nitrogen and oxygen atoms in total. The second kappa shape index (κ2) is 7.56. The van der Waals surface area contributed by atoms with Crippen LogP contribution in [0.2, 0.25) is 0 Å². The van der Waals surface area contributed by atoms with Gasteiger partial charge >= 0.3 is 0 Å². The number of carbonyl (C=O) groups is 2. The Morgan fingerprint density at radius 2 is 1.80 bits per heavy atom. The van der Waals surface area contributed by atoms with Crippen LogP contribution in [0, 0.1) is 5.92 Å². The minimum Gasteiger partial charge on any atom is -0.340 e. The van der Waals surface area contributed by atoms with Crippen LogP contribution in [0.5, 0.6) is 0 Å². The van der Waals surface area contributed by atoms with Crippen molar-refractivity contribution in [3.05, 3.63) is 35.4 Å². The van der Waals surface area contributed by atoms with Gasteiger partial charge in [0.1, 0.15) is 6.04 Å². The number of rotatable bonds is 4. The first kappa shape index (κ1) is 19.4. The molecule has 0 aromatic heterocycles. The van der Waals surface area contributed by atoms with E-state index in [0.29, 0.717) is 18.7 Å². The lowest BCUT2D eigenvalue weighted by Gasteiger charge is -2.27. The zero-order valence-corrected chi connectivity index (χ0v) is 16.0. The molecule has 1 aliphatic heterocycles. The highest BCUT2D eigenvalue weighted by Crippen LogP contribution is 2.22. The molecule has 25 heavy (non-hydrogen) atoms. The number of nitrogens with two attached hydrogens (primary N) is 1. The Morgan fingerprint density at radius 3 is 2.24 bits per heavy atom. The SMILES string of the molecule is CC(C)C(NC(=O)c1ccc(C(C)(C)C)cc1)C(=O)N1CC[C@@H](N)C1. The Bertz CT molecular complexity index is 617. The predicted molar refractivity (Wildman–Crippen MR) is 100 cm³/mol. The van der Waals surface area contributed by atoms with E-state index < -0.39 is 6.04 Å². The van der Waals surface area contributed by atoms with Crippen LogP contribution in [0.3, 0.4) is 0 Å². The van der Waals surface area contributed by atoms with E-state index in [1.807, 2.05) is 38.1 Å². The largest absolute Gasteiger partial charge is 0.340 e. The van der Waals surface area contributed by atoms with Crippen LogP contribution in [-0.4, -0.2) is 41.9 Å². The topological polar surface area (TPSA) is 75.4 Å². The second-order valence-electron chi connectivity index (χ2n) is 8.36. The first-order valence-electron chi connectivity index (χ1n) is 9.05. The molecule has 0 saturated carbocycles. The zero-order valence-electron chi connectivity index (χ0n) is 16.0. The van der Waals surface area contributed by atoms with Gasteiger partial charge in [-0.1, -0.05) is 46.8 Å². The van der Waals surface area contributed by atoms with Gasteiger partial charge in [0, 0.05) is 24.7 Å². The molecule has 138 valence electrons. The number of hydrogen-bond donors (Lipinski definition) is 2. The van der Waals surface area contributed by atoms with Gasteiger partial charge in [0.05, 0.1) is 0 Å². The Labute approximate surface area is 151 Å². The van der Waals surface area contributed by atoms with Crippen LogP contribution in [0.4, 0.5) is 0 Å². The van der Waals surface area contributed by atoms with E-state index in [9.17, 15) is 9.59 Å². The van der Waals surface area contributed by atoms with Crippen molar-refractivity contribution in [2.75, 3.05) is 13.1 Å². The van der Waals surface area contributed by atoms with Crippen LogP contribution in [-0.2, 0) is 10.2 Å². The van der Waals surface area contributed by atoms with E-state index in [1.165, 1.54) is 5.56 Å². The summed E-state index contributed by atoms with van der Waals surface area (Å²) in [5.41, 5.74) is 7.69. The molecule has 1 saturated heterocycles. The van der Waals surface area contributed by atoms with Gasteiger partial charge in [-0.25, -0.2) is 0 Å². The highest BCUT2D eigenvalue weighted by atomic mass is 16.2. The molecule has 1 heterocycles. The molecule has 0 spiro atoms. The fourth-order valence-corrected chi connectivity index (χ4v) is 3.04. The van der Waals surface area contributed by atoms with Crippen molar-refractivity contribution < 1.29 is 9.59 Å². The number of amides is 2. The van der Waals surface area contributed by atoms with E-state index in [1.54, 1.807) is 4.90 Å². The maximum Gasteiger partial charge on any atom is 0.251 e. The summed E-state index contributed by atoms with van der Waals surface area (Å²) in [6, 6.07) is 7.10. The molecule has 1 fully saturated rings. The maximum absolute atomic E-state index is 12.7. The van der Waals surface area contributed by atoms with Gasteiger partial charge in [-0.15, -0.1) is 0 Å². The Hall–Kier alpha value is -1.88. The van der Waals surface area contributed by atoms with E-state index in [-0.39, 0.29) is 29.2 Å². The van der Waals surface area contributed by atoms with Crippen molar-refractivity contribution in [3.63, 3.8) is 0 Å². The van der Waals surface area contributed by atoms with Crippen molar-refractivity contribution in [2.45, 2.75) is 58.5 Å². The number of hydrogen-bond acceptors (Lipinski definition) is 3. The molecule has 1 aromatic carbocycles. The lowest BCUT2D eigenvalue weighted by molar-refractivity contribution is -0.133. The lowest BCUT2D eigenvalue weighted by Crippen LogP contribution is -2.51. The summed E-state index contributed by atoms with van der Waals surface area (Å²) in [5, 5.41) is 2.91. The molecule has 0 bridgehead atoms. The Morgan fingerprint density at radius 1 is 1.20 bits per heavy atom. The normalized spacial score (nSPS) is 19.2. The average molecular weight is 345 g/mol. The summed E-state index contributed by atoms with van der Waals surface area (Å²) in [7, 11) is 0.